The minimum Gasteiger partial charge on any atom is -0.490 e. The van der Waals surface area contributed by atoms with E-state index in [-0.39, 0.29) is 5.75 Å². The summed E-state index contributed by atoms with van der Waals surface area (Å²) in [6.45, 7) is 3.26. The van der Waals surface area contributed by atoms with E-state index in [0.29, 0.717) is 25.2 Å². The third-order valence-corrected chi connectivity index (χ3v) is 3.22. The molecule has 0 amide bonds. The van der Waals surface area contributed by atoms with Crippen LogP contribution in [0.15, 0.2) is 12.4 Å². The predicted octanol–water partition coefficient (Wildman–Crippen LogP) is 1.63. The number of ether oxygens (including phenoxy) is 1. The first kappa shape index (κ1) is 13.3. The average Bonchev–Trinajstić information content (AvgIpc) is 2.63. The number of hydrogen-bond acceptors (Lipinski definition) is 4. The van der Waals surface area contributed by atoms with Crippen LogP contribution >= 0.6 is 10.7 Å². The van der Waals surface area contributed by atoms with E-state index >= 15 is 0 Å². The third kappa shape index (κ3) is 5.37. The van der Waals surface area contributed by atoms with Crippen LogP contribution < -0.4 is 4.74 Å². The zero-order chi connectivity index (χ0) is 12.0. The standard InChI is InChI=1S/C9H15ClN2O3S/c1-2-12-8-9(7-11-12)15-5-3-4-6-16(10,13)14/h7-8H,2-6H2,1H3. The molecule has 1 aromatic heterocycles. The summed E-state index contributed by atoms with van der Waals surface area (Å²) in [6.07, 6.45) is 4.61. The minimum atomic E-state index is -3.37. The smallest absolute Gasteiger partial charge is 0.232 e. The lowest BCUT2D eigenvalue weighted by molar-refractivity contribution is 0.309. The second kappa shape index (κ2) is 6.10. The molecule has 0 spiro atoms. The molecule has 0 atom stereocenters. The van der Waals surface area contributed by atoms with Crippen LogP contribution in [-0.4, -0.2) is 30.6 Å². The second-order valence-corrected chi connectivity index (χ2v) is 6.23. The zero-order valence-corrected chi connectivity index (χ0v) is 10.7. The Kier molecular flexibility index (Phi) is 5.08. The van der Waals surface area contributed by atoms with Gasteiger partial charge in [-0.2, -0.15) is 5.10 Å². The van der Waals surface area contributed by atoms with Crippen LogP contribution in [0.3, 0.4) is 0 Å². The van der Waals surface area contributed by atoms with Gasteiger partial charge in [-0.15, -0.1) is 0 Å². The van der Waals surface area contributed by atoms with Crippen molar-refractivity contribution < 1.29 is 13.2 Å². The summed E-state index contributed by atoms with van der Waals surface area (Å²) in [5.41, 5.74) is 0. The van der Waals surface area contributed by atoms with Gasteiger partial charge in [-0.1, -0.05) is 0 Å². The van der Waals surface area contributed by atoms with Gasteiger partial charge in [0.15, 0.2) is 5.75 Å². The first-order valence-electron chi connectivity index (χ1n) is 5.09. The number of halogens is 1. The number of hydrogen-bond donors (Lipinski definition) is 0. The molecule has 0 aliphatic heterocycles. The Labute approximate surface area is 99.8 Å². The van der Waals surface area contributed by atoms with Gasteiger partial charge in [-0.25, -0.2) is 8.42 Å². The van der Waals surface area contributed by atoms with E-state index in [4.69, 9.17) is 15.4 Å². The second-order valence-electron chi connectivity index (χ2n) is 3.33. The molecule has 0 fully saturated rings. The van der Waals surface area contributed by atoms with Gasteiger partial charge in [0.25, 0.3) is 0 Å². The Morgan fingerprint density at radius 3 is 2.81 bits per heavy atom. The molecule has 0 aliphatic rings. The molecule has 0 radical (unpaired) electrons. The van der Waals surface area contributed by atoms with Gasteiger partial charge in [-0.3, -0.25) is 4.68 Å². The lowest BCUT2D eigenvalue weighted by atomic mass is 10.4. The molecule has 16 heavy (non-hydrogen) atoms. The van der Waals surface area contributed by atoms with Crippen LogP contribution in [0.5, 0.6) is 5.75 Å². The molecule has 1 aromatic rings. The molecule has 1 heterocycles. The molecular formula is C9H15ClN2O3S. The van der Waals surface area contributed by atoms with Gasteiger partial charge in [0, 0.05) is 17.2 Å². The van der Waals surface area contributed by atoms with Crippen molar-refractivity contribution in [2.75, 3.05) is 12.4 Å². The van der Waals surface area contributed by atoms with E-state index in [1.807, 2.05) is 6.92 Å². The highest BCUT2D eigenvalue weighted by Gasteiger charge is 2.04. The summed E-state index contributed by atoms with van der Waals surface area (Å²) < 4.78 is 28.4. The summed E-state index contributed by atoms with van der Waals surface area (Å²) in [6, 6.07) is 0. The van der Waals surface area contributed by atoms with Crippen molar-refractivity contribution in [2.45, 2.75) is 26.3 Å². The van der Waals surface area contributed by atoms with Gasteiger partial charge in [0.05, 0.1) is 24.8 Å². The Balaban J connectivity index is 2.16. The monoisotopic (exact) mass is 266 g/mol. The summed E-state index contributed by atoms with van der Waals surface area (Å²) in [4.78, 5) is 0. The van der Waals surface area contributed by atoms with Crippen molar-refractivity contribution in [3.8, 4) is 5.75 Å². The fourth-order valence-corrected chi connectivity index (χ4v) is 2.03. The van der Waals surface area contributed by atoms with Gasteiger partial charge >= 0.3 is 0 Å². The van der Waals surface area contributed by atoms with Crippen molar-refractivity contribution in [3.63, 3.8) is 0 Å². The lowest BCUT2D eigenvalue weighted by Gasteiger charge is -2.01. The quantitative estimate of drug-likeness (QED) is 0.556. The van der Waals surface area contributed by atoms with Crippen LogP contribution in [0.2, 0.25) is 0 Å². The summed E-state index contributed by atoms with van der Waals surface area (Å²) >= 11 is 0. The maximum absolute atomic E-state index is 10.6. The van der Waals surface area contributed by atoms with E-state index in [1.165, 1.54) is 0 Å². The normalized spacial score (nSPS) is 11.6. The highest BCUT2D eigenvalue weighted by molar-refractivity contribution is 8.13. The molecule has 0 N–H and O–H groups in total. The summed E-state index contributed by atoms with van der Waals surface area (Å²) in [7, 11) is 1.70. The fraction of sp³-hybridized carbons (Fsp3) is 0.667. The number of nitrogens with zero attached hydrogens (tertiary/aromatic N) is 2. The minimum absolute atomic E-state index is 0.00780. The SMILES string of the molecule is CCn1cc(OCCCCS(=O)(=O)Cl)cn1. The molecule has 0 unspecified atom stereocenters. The molecule has 0 saturated carbocycles. The van der Waals surface area contributed by atoms with Crippen LogP contribution in [-0.2, 0) is 15.6 Å². The van der Waals surface area contributed by atoms with E-state index in [2.05, 4.69) is 5.10 Å². The zero-order valence-electron chi connectivity index (χ0n) is 9.10. The molecule has 7 heteroatoms. The third-order valence-electron chi connectivity index (χ3n) is 1.98. The van der Waals surface area contributed by atoms with Gasteiger partial charge in [0.2, 0.25) is 9.05 Å². The first-order valence-corrected chi connectivity index (χ1v) is 7.56. The molecular weight excluding hydrogens is 252 g/mol. The Bertz CT molecular complexity index is 416. The average molecular weight is 267 g/mol. The van der Waals surface area contributed by atoms with E-state index in [1.54, 1.807) is 17.1 Å². The van der Waals surface area contributed by atoms with E-state index in [0.717, 1.165) is 6.54 Å². The van der Waals surface area contributed by atoms with Gasteiger partial charge < -0.3 is 4.74 Å². The lowest BCUT2D eigenvalue weighted by Crippen LogP contribution is -2.02. The Morgan fingerprint density at radius 2 is 2.25 bits per heavy atom. The maximum Gasteiger partial charge on any atom is 0.232 e. The molecule has 5 nitrogen and oxygen atoms in total. The fourth-order valence-electron chi connectivity index (χ4n) is 1.16. The van der Waals surface area contributed by atoms with Crippen molar-refractivity contribution in [1.82, 2.24) is 9.78 Å². The molecule has 0 aliphatic carbocycles. The Morgan fingerprint density at radius 1 is 1.50 bits per heavy atom. The van der Waals surface area contributed by atoms with Gasteiger partial charge in [0.1, 0.15) is 0 Å². The van der Waals surface area contributed by atoms with Crippen molar-refractivity contribution in [1.29, 1.82) is 0 Å². The largest absolute Gasteiger partial charge is 0.490 e. The van der Waals surface area contributed by atoms with Crippen LogP contribution in [0, 0.1) is 0 Å². The number of unbranched alkanes of at least 4 members (excludes halogenated alkanes) is 1. The van der Waals surface area contributed by atoms with Gasteiger partial charge in [-0.05, 0) is 19.8 Å². The number of aromatic nitrogens is 2. The number of rotatable bonds is 7. The molecule has 0 bridgehead atoms. The van der Waals surface area contributed by atoms with Crippen LogP contribution in [0.25, 0.3) is 0 Å². The van der Waals surface area contributed by atoms with Crippen LogP contribution in [0.1, 0.15) is 19.8 Å². The van der Waals surface area contributed by atoms with Crippen molar-refractivity contribution in [2.24, 2.45) is 0 Å². The molecule has 1 rings (SSSR count). The highest BCUT2D eigenvalue weighted by atomic mass is 35.7. The van der Waals surface area contributed by atoms with Crippen molar-refractivity contribution >= 4 is 19.7 Å². The highest BCUT2D eigenvalue weighted by Crippen LogP contribution is 2.09. The van der Waals surface area contributed by atoms with E-state index < -0.39 is 9.05 Å². The Hall–Kier alpha value is -0.750. The van der Waals surface area contributed by atoms with E-state index in [9.17, 15) is 8.42 Å². The van der Waals surface area contributed by atoms with Crippen molar-refractivity contribution in [3.05, 3.63) is 12.4 Å². The molecule has 0 aromatic carbocycles. The molecule has 0 saturated heterocycles. The number of aryl methyl sites for hydroxylation is 1. The predicted molar refractivity (Wildman–Crippen MR) is 62.3 cm³/mol. The molecule has 92 valence electrons. The maximum atomic E-state index is 10.6. The first-order chi connectivity index (χ1) is 7.51. The van der Waals surface area contributed by atoms with Crippen LogP contribution in [0.4, 0.5) is 0 Å². The summed E-state index contributed by atoms with van der Waals surface area (Å²) in [5.74, 6) is 0.696. The topological polar surface area (TPSA) is 61.2 Å². The summed E-state index contributed by atoms with van der Waals surface area (Å²) in [5, 5.41) is 4.05.